The minimum atomic E-state index is -0.821. The molecule has 180 valence electrons. The molecule has 0 aliphatic carbocycles. The van der Waals surface area contributed by atoms with Gasteiger partial charge in [0, 0.05) is 37.5 Å². The van der Waals surface area contributed by atoms with Gasteiger partial charge in [0.1, 0.15) is 6.04 Å². The van der Waals surface area contributed by atoms with Crippen molar-refractivity contribution in [2.24, 2.45) is 11.8 Å². The Balaban J connectivity index is 1.55. The van der Waals surface area contributed by atoms with Crippen LogP contribution in [0.25, 0.3) is 0 Å². The summed E-state index contributed by atoms with van der Waals surface area (Å²) < 4.78 is -0.821. The van der Waals surface area contributed by atoms with Gasteiger partial charge in [0.05, 0.1) is 23.2 Å². The summed E-state index contributed by atoms with van der Waals surface area (Å²) in [5.41, 5.74) is 1.04. The quantitative estimate of drug-likeness (QED) is 0.648. The van der Waals surface area contributed by atoms with Crippen molar-refractivity contribution in [2.45, 2.75) is 42.5 Å². The Labute approximate surface area is 204 Å². The van der Waals surface area contributed by atoms with E-state index in [1.807, 2.05) is 67.3 Å². The second-order valence-corrected chi connectivity index (χ2v) is 11.2. The normalized spacial score (nSPS) is 32.7. The number of aliphatic hydroxyl groups excluding tert-OH is 1. The van der Waals surface area contributed by atoms with E-state index in [1.54, 1.807) is 16.7 Å². The molecule has 0 aromatic heterocycles. The van der Waals surface area contributed by atoms with Crippen molar-refractivity contribution >= 4 is 29.5 Å². The Hall–Kier alpha value is -2.58. The summed E-state index contributed by atoms with van der Waals surface area (Å²) in [5, 5.41) is 9.56. The zero-order valence-corrected chi connectivity index (χ0v) is 20.4. The predicted molar refractivity (Wildman–Crippen MR) is 131 cm³/mol. The summed E-state index contributed by atoms with van der Waals surface area (Å²) in [4.78, 5) is 46.7. The van der Waals surface area contributed by atoms with Gasteiger partial charge < -0.3 is 19.8 Å². The molecule has 0 bridgehead atoms. The summed E-state index contributed by atoms with van der Waals surface area (Å²) in [7, 11) is 0. The number of likely N-dealkylation sites (tertiary alicyclic amines) is 1. The molecule has 34 heavy (non-hydrogen) atoms. The number of fused-ring (bicyclic) bond motifs is 2. The minimum absolute atomic E-state index is 0.0165. The third-order valence-electron chi connectivity index (χ3n) is 7.45. The summed E-state index contributed by atoms with van der Waals surface area (Å²) in [5.74, 6) is -1.54. The van der Waals surface area contributed by atoms with Gasteiger partial charge in [-0.25, -0.2) is 0 Å². The SMILES string of the molecule is CC(C)N1CC=C[C@]23S[C@@H]4C=CCN(Cc5ccccc5)C(=O)[C@@H]4[C@H]2C(=O)N(CCO)C3C1=O. The van der Waals surface area contributed by atoms with Crippen LogP contribution in [0.1, 0.15) is 19.4 Å². The topological polar surface area (TPSA) is 81.2 Å². The molecule has 1 aromatic rings. The molecule has 5 rings (SSSR count). The van der Waals surface area contributed by atoms with Gasteiger partial charge in [-0.15, -0.1) is 11.8 Å². The number of benzene rings is 1. The van der Waals surface area contributed by atoms with Crippen molar-refractivity contribution in [1.29, 1.82) is 0 Å². The van der Waals surface area contributed by atoms with Crippen LogP contribution in [-0.2, 0) is 20.9 Å². The fraction of sp³-hybridized carbons (Fsp3) is 0.500. The first-order valence-electron chi connectivity index (χ1n) is 12.0. The summed E-state index contributed by atoms with van der Waals surface area (Å²) in [6, 6.07) is 9.11. The number of rotatable bonds is 5. The molecule has 4 heterocycles. The lowest BCUT2D eigenvalue weighted by Gasteiger charge is -2.36. The zero-order chi connectivity index (χ0) is 24.0. The zero-order valence-electron chi connectivity index (χ0n) is 19.5. The number of hydrogen-bond acceptors (Lipinski definition) is 5. The van der Waals surface area contributed by atoms with Crippen LogP contribution in [0.3, 0.4) is 0 Å². The third kappa shape index (κ3) is 3.50. The Morgan fingerprint density at radius 2 is 1.82 bits per heavy atom. The monoisotopic (exact) mass is 481 g/mol. The van der Waals surface area contributed by atoms with Crippen molar-refractivity contribution in [3.05, 3.63) is 60.2 Å². The molecule has 5 atom stereocenters. The Morgan fingerprint density at radius 3 is 2.53 bits per heavy atom. The number of hydrogen-bond donors (Lipinski definition) is 1. The molecular weight excluding hydrogens is 450 g/mol. The number of thioether (sulfide) groups is 1. The standard InChI is InChI=1S/C26H31N3O4S/c1-17(2)28-13-7-11-26-21(24(32)29(14-15-30)22(26)25(28)33)20-19(34-26)10-6-12-27(23(20)31)16-18-8-4-3-5-9-18/h3-11,17,19-22,30H,12-16H2,1-2H3/t19-,20+,21+,22?,26+/m1/s1. The van der Waals surface area contributed by atoms with E-state index in [9.17, 15) is 19.5 Å². The fourth-order valence-corrected chi connectivity index (χ4v) is 7.97. The molecule has 4 aliphatic rings. The van der Waals surface area contributed by atoms with Gasteiger partial charge >= 0.3 is 0 Å². The van der Waals surface area contributed by atoms with E-state index in [-0.39, 0.29) is 42.2 Å². The van der Waals surface area contributed by atoms with Gasteiger partial charge in [0.2, 0.25) is 17.7 Å². The Bertz CT molecular complexity index is 1040. The lowest BCUT2D eigenvalue weighted by molar-refractivity contribution is -0.145. The fourth-order valence-electron chi connectivity index (χ4n) is 5.96. The maximum atomic E-state index is 13.9. The van der Waals surface area contributed by atoms with Gasteiger partial charge in [0.15, 0.2) is 0 Å². The molecule has 7 nitrogen and oxygen atoms in total. The van der Waals surface area contributed by atoms with E-state index in [4.69, 9.17) is 0 Å². The van der Waals surface area contributed by atoms with Crippen molar-refractivity contribution in [3.8, 4) is 0 Å². The highest BCUT2D eigenvalue weighted by atomic mass is 32.2. The number of aliphatic hydroxyl groups is 1. The van der Waals surface area contributed by atoms with Crippen LogP contribution in [-0.4, -0.2) is 85.8 Å². The number of β-amino-alcohol motifs (C(OH)–C–C–N with tert-alkyl or cyclic N) is 1. The number of nitrogens with zero attached hydrogens (tertiary/aromatic N) is 3. The Kier molecular flexibility index (Phi) is 6.06. The maximum absolute atomic E-state index is 13.9. The van der Waals surface area contributed by atoms with Crippen molar-refractivity contribution < 1.29 is 19.5 Å². The second-order valence-electron chi connectivity index (χ2n) is 9.72. The molecule has 1 N–H and O–H groups in total. The second kappa shape index (κ2) is 8.89. The third-order valence-corrected chi connectivity index (χ3v) is 9.20. The molecule has 3 amide bonds. The number of carbonyl (C=O) groups excluding carboxylic acids is 3. The lowest BCUT2D eigenvalue weighted by Crippen LogP contribution is -2.54. The maximum Gasteiger partial charge on any atom is 0.247 e. The van der Waals surface area contributed by atoms with E-state index in [2.05, 4.69) is 6.08 Å². The van der Waals surface area contributed by atoms with Gasteiger partial charge in [-0.3, -0.25) is 14.4 Å². The minimum Gasteiger partial charge on any atom is -0.395 e. The predicted octanol–water partition coefficient (Wildman–Crippen LogP) is 1.68. The highest BCUT2D eigenvalue weighted by Gasteiger charge is 2.70. The summed E-state index contributed by atoms with van der Waals surface area (Å²) in [6.45, 7) is 5.24. The van der Waals surface area contributed by atoms with Crippen LogP contribution in [0.15, 0.2) is 54.6 Å². The van der Waals surface area contributed by atoms with Crippen LogP contribution in [0.5, 0.6) is 0 Å². The molecule has 2 saturated heterocycles. The van der Waals surface area contributed by atoms with Crippen LogP contribution >= 0.6 is 11.8 Å². The molecular formula is C26H31N3O4S. The first kappa shape index (κ1) is 23.2. The van der Waals surface area contributed by atoms with Crippen molar-refractivity contribution in [2.75, 3.05) is 26.2 Å². The largest absolute Gasteiger partial charge is 0.395 e. The first-order chi connectivity index (χ1) is 16.4. The van der Waals surface area contributed by atoms with E-state index < -0.39 is 22.6 Å². The van der Waals surface area contributed by atoms with E-state index in [1.165, 1.54) is 4.90 Å². The van der Waals surface area contributed by atoms with E-state index in [0.717, 1.165) is 5.56 Å². The van der Waals surface area contributed by atoms with E-state index in [0.29, 0.717) is 19.6 Å². The van der Waals surface area contributed by atoms with Gasteiger partial charge in [-0.1, -0.05) is 54.6 Å². The highest BCUT2D eigenvalue weighted by Crippen LogP contribution is 2.61. The lowest BCUT2D eigenvalue weighted by atomic mass is 9.78. The highest BCUT2D eigenvalue weighted by molar-refractivity contribution is 8.02. The molecule has 1 unspecified atom stereocenters. The average molecular weight is 482 g/mol. The summed E-state index contributed by atoms with van der Waals surface area (Å²) in [6.07, 6.45) is 8.06. The van der Waals surface area contributed by atoms with Crippen molar-refractivity contribution in [1.82, 2.24) is 14.7 Å². The summed E-state index contributed by atoms with van der Waals surface area (Å²) >= 11 is 1.57. The van der Waals surface area contributed by atoms with Crippen LogP contribution in [0.2, 0.25) is 0 Å². The molecule has 0 radical (unpaired) electrons. The number of carbonyl (C=O) groups is 3. The molecule has 2 fully saturated rings. The van der Waals surface area contributed by atoms with Crippen LogP contribution in [0.4, 0.5) is 0 Å². The van der Waals surface area contributed by atoms with Crippen molar-refractivity contribution in [3.63, 3.8) is 0 Å². The van der Waals surface area contributed by atoms with Gasteiger partial charge in [-0.2, -0.15) is 0 Å². The molecule has 4 aliphatic heterocycles. The molecule has 0 saturated carbocycles. The molecule has 1 spiro atoms. The average Bonchev–Trinajstić information content (AvgIpc) is 3.12. The van der Waals surface area contributed by atoms with Crippen LogP contribution < -0.4 is 0 Å². The first-order valence-corrected chi connectivity index (χ1v) is 12.8. The molecule has 8 heteroatoms. The smallest absolute Gasteiger partial charge is 0.247 e. The Morgan fingerprint density at radius 1 is 1.06 bits per heavy atom. The number of amides is 3. The van der Waals surface area contributed by atoms with Gasteiger partial charge in [-0.05, 0) is 19.4 Å². The van der Waals surface area contributed by atoms with E-state index >= 15 is 0 Å². The van der Waals surface area contributed by atoms with Crippen LogP contribution in [0, 0.1) is 11.8 Å². The molecule has 1 aromatic carbocycles. The van der Waals surface area contributed by atoms with Gasteiger partial charge in [0.25, 0.3) is 0 Å².